The molecule has 0 aliphatic carbocycles. The van der Waals surface area contributed by atoms with Gasteiger partial charge in [-0.05, 0) is 26.3 Å². The third-order valence-electron chi connectivity index (χ3n) is 2.27. The molecule has 0 spiro atoms. The van der Waals surface area contributed by atoms with E-state index in [0.717, 1.165) is 36.0 Å². The highest BCUT2D eigenvalue weighted by Gasteiger charge is 2.08. The van der Waals surface area contributed by atoms with Gasteiger partial charge in [0.2, 0.25) is 0 Å². The Kier molecular flexibility index (Phi) is 3.66. The first-order valence-corrected chi connectivity index (χ1v) is 5.01. The van der Waals surface area contributed by atoms with Crippen LogP contribution in [-0.2, 0) is 11.3 Å². The Hall–Kier alpha value is -1.58. The number of nitrogens with zero attached hydrogens (tertiary/aromatic N) is 2. The van der Waals surface area contributed by atoms with E-state index in [4.69, 9.17) is 5.11 Å². The second kappa shape index (κ2) is 4.77. The topological polar surface area (TPSA) is 55.1 Å². The Balaban J connectivity index is 3.02. The first-order valence-electron chi connectivity index (χ1n) is 5.01. The van der Waals surface area contributed by atoms with Crippen molar-refractivity contribution >= 4 is 12.0 Å². The summed E-state index contributed by atoms with van der Waals surface area (Å²) in [5.41, 5.74) is 2.80. The van der Waals surface area contributed by atoms with Crippen LogP contribution >= 0.6 is 0 Å². The molecule has 0 unspecified atom stereocenters. The van der Waals surface area contributed by atoms with Crippen LogP contribution in [0.5, 0.6) is 0 Å². The maximum absolute atomic E-state index is 10.4. The molecule has 0 radical (unpaired) electrons. The predicted octanol–water partition coefficient (Wildman–Crippen LogP) is 2.01. The van der Waals surface area contributed by atoms with Crippen molar-refractivity contribution in [3.63, 3.8) is 0 Å². The zero-order valence-electron chi connectivity index (χ0n) is 9.32. The zero-order valence-corrected chi connectivity index (χ0v) is 9.32. The van der Waals surface area contributed by atoms with E-state index >= 15 is 0 Å². The fourth-order valence-electron chi connectivity index (χ4n) is 1.54. The molecule has 0 atom stereocenters. The van der Waals surface area contributed by atoms with Crippen molar-refractivity contribution in [2.75, 3.05) is 0 Å². The van der Waals surface area contributed by atoms with Crippen molar-refractivity contribution in [3.8, 4) is 0 Å². The van der Waals surface area contributed by atoms with E-state index in [1.54, 1.807) is 6.08 Å². The summed E-state index contributed by atoms with van der Waals surface area (Å²) in [4.78, 5) is 10.4. The molecule has 1 rings (SSSR count). The molecule has 1 heterocycles. The van der Waals surface area contributed by atoms with Crippen LogP contribution in [-0.4, -0.2) is 20.9 Å². The second-order valence-electron chi connectivity index (χ2n) is 3.48. The summed E-state index contributed by atoms with van der Waals surface area (Å²) >= 11 is 0. The van der Waals surface area contributed by atoms with E-state index in [0.29, 0.717) is 0 Å². The number of carboxylic acids is 1. The average molecular weight is 208 g/mol. The van der Waals surface area contributed by atoms with Gasteiger partial charge in [-0.2, -0.15) is 5.10 Å². The Bertz CT molecular complexity index is 392. The number of aryl methyl sites for hydroxylation is 2. The zero-order chi connectivity index (χ0) is 11.4. The van der Waals surface area contributed by atoms with Crippen LogP contribution in [0.3, 0.4) is 0 Å². The molecule has 0 aromatic carbocycles. The molecule has 15 heavy (non-hydrogen) atoms. The molecule has 1 N–H and O–H groups in total. The van der Waals surface area contributed by atoms with Crippen LogP contribution < -0.4 is 0 Å². The summed E-state index contributed by atoms with van der Waals surface area (Å²) < 4.78 is 1.91. The van der Waals surface area contributed by atoms with Gasteiger partial charge < -0.3 is 5.11 Å². The van der Waals surface area contributed by atoms with Gasteiger partial charge in [0, 0.05) is 23.9 Å². The minimum atomic E-state index is -0.933. The van der Waals surface area contributed by atoms with Gasteiger partial charge >= 0.3 is 5.97 Å². The Morgan fingerprint density at radius 1 is 1.53 bits per heavy atom. The van der Waals surface area contributed by atoms with E-state index in [-0.39, 0.29) is 0 Å². The second-order valence-corrected chi connectivity index (χ2v) is 3.48. The lowest BCUT2D eigenvalue weighted by molar-refractivity contribution is -0.131. The molecule has 0 saturated heterocycles. The quantitative estimate of drug-likeness (QED) is 0.770. The van der Waals surface area contributed by atoms with Gasteiger partial charge in [0.25, 0.3) is 0 Å². The fourth-order valence-corrected chi connectivity index (χ4v) is 1.54. The molecule has 0 amide bonds. The molecule has 0 aliphatic rings. The number of hydrogen-bond donors (Lipinski definition) is 1. The van der Waals surface area contributed by atoms with Crippen molar-refractivity contribution in [2.45, 2.75) is 33.7 Å². The smallest absolute Gasteiger partial charge is 0.328 e. The van der Waals surface area contributed by atoms with Gasteiger partial charge in [0.05, 0.1) is 5.69 Å². The summed E-state index contributed by atoms with van der Waals surface area (Å²) in [5.74, 6) is -0.933. The molecule has 4 heteroatoms. The number of rotatable bonds is 4. The highest BCUT2D eigenvalue weighted by molar-refractivity contribution is 5.85. The normalized spacial score (nSPS) is 11.1. The summed E-state index contributed by atoms with van der Waals surface area (Å²) in [7, 11) is 0. The van der Waals surface area contributed by atoms with Gasteiger partial charge in [0.15, 0.2) is 0 Å². The van der Waals surface area contributed by atoms with E-state index in [2.05, 4.69) is 12.0 Å². The standard InChI is InChI=1S/C11H16N2O2/c1-4-7-13-9(3)10(8(2)12-13)5-6-11(14)15/h5-6H,4,7H2,1-3H3,(H,14,15)/b6-5+. The SMILES string of the molecule is CCCn1nc(C)c(/C=C/C(=O)O)c1C. The van der Waals surface area contributed by atoms with E-state index in [1.165, 1.54) is 0 Å². The number of aliphatic carboxylic acids is 1. The Morgan fingerprint density at radius 3 is 2.73 bits per heavy atom. The van der Waals surface area contributed by atoms with Gasteiger partial charge in [0.1, 0.15) is 0 Å². The molecular formula is C11H16N2O2. The highest BCUT2D eigenvalue weighted by Crippen LogP contribution is 2.15. The molecule has 0 saturated carbocycles. The van der Waals surface area contributed by atoms with E-state index in [9.17, 15) is 4.79 Å². The Morgan fingerprint density at radius 2 is 2.20 bits per heavy atom. The Labute approximate surface area is 89.2 Å². The minimum Gasteiger partial charge on any atom is -0.478 e. The molecular weight excluding hydrogens is 192 g/mol. The number of carbonyl (C=O) groups is 1. The molecule has 0 bridgehead atoms. The molecule has 0 fully saturated rings. The lowest BCUT2D eigenvalue weighted by Gasteiger charge is -2.00. The molecule has 4 nitrogen and oxygen atoms in total. The first-order chi connectivity index (χ1) is 7.06. The molecule has 0 aliphatic heterocycles. The maximum atomic E-state index is 10.4. The largest absolute Gasteiger partial charge is 0.478 e. The summed E-state index contributed by atoms with van der Waals surface area (Å²) in [6.07, 6.45) is 3.77. The predicted molar refractivity (Wildman–Crippen MR) is 58.7 cm³/mol. The van der Waals surface area contributed by atoms with Crippen molar-refractivity contribution in [1.29, 1.82) is 0 Å². The van der Waals surface area contributed by atoms with E-state index < -0.39 is 5.97 Å². The molecule has 82 valence electrons. The third-order valence-corrected chi connectivity index (χ3v) is 2.27. The number of aromatic nitrogens is 2. The molecule has 1 aromatic rings. The highest BCUT2D eigenvalue weighted by atomic mass is 16.4. The lowest BCUT2D eigenvalue weighted by Crippen LogP contribution is -2.01. The van der Waals surface area contributed by atoms with Crippen molar-refractivity contribution in [1.82, 2.24) is 9.78 Å². The van der Waals surface area contributed by atoms with Crippen molar-refractivity contribution in [3.05, 3.63) is 23.0 Å². The van der Waals surface area contributed by atoms with Gasteiger partial charge in [-0.3, -0.25) is 4.68 Å². The summed E-state index contributed by atoms with van der Waals surface area (Å²) in [5, 5.41) is 12.9. The lowest BCUT2D eigenvalue weighted by atomic mass is 10.2. The minimum absolute atomic E-state index is 0.869. The number of hydrogen-bond acceptors (Lipinski definition) is 2. The van der Waals surface area contributed by atoms with Crippen LogP contribution in [0.15, 0.2) is 6.08 Å². The maximum Gasteiger partial charge on any atom is 0.328 e. The van der Waals surface area contributed by atoms with Crippen LogP contribution in [0.2, 0.25) is 0 Å². The van der Waals surface area contributed by atoms with Crippen LogP contribution in [0, 0.1) is 13.8 Å². The number of carboxylic acid groups (broad SMARTS) is 1. The van der Waals surface area contributed by atoms with Crippen molar-refractivity contribution < 1.29 is 9.90 Å². The molecule has 1 aromatic heterocycles. The first kappa shape index (κ1) is 11.5. The third kappa shape index (κ3) is 2.68. The van der Waals surface area contributed by atoms with Gasteiger partial charge in [-0.15, -0.1) is 0 Å². The summed E-state index contributed by atoms with van der Waals surface area (Å²) in [6.45, 7) is 6.80. The van der Waals surface area contributed by atoms with Crippen LogP contribution in [0.1, 0.15) is 30.3 Å². The summed E-state index contributed by atoms with van der Waals surface area (Å²) in [6, 6.07) is 0. The average Bonchev–Trinajstić information content (AvgIpc) is 2.40. The fraction of sp³-hybridized carbons (Fsp3) is 0.455. The van der Waals surface area contributed by atoms with Gasteiger partial charge in [-0.25, -0.2) is 4.79 Å². The van der Waals surface area contributed by atoms with Gasteiger partial charge in [-0.1, -0.05) is 6.92 Å². The van der Waals surface area contributed by atoms with Crippen molar-refractivity contribution in [2.24, 2.45) is 0 Å². The monoisotopic (exact) mass is 208 g/mol. The van der Waals surface area contributed by atoms with Crippen LogP contribution in [0.25, 0.3) is 6.08 Å². The van der Waals surface area contributed by atoms with Crippen LogP contribution in [0.4, 0.5) is 0 Å². The van der Waals surface area contributed by atoms with E-state index in [1.807, 2.05) is 18.5 Å².